The molecular weight excluding hydrogens is 444 g/mol. The van der Waals surface area contributed by atoms with Gasteiger partial charge in [0.05, 0.1) is 27.7 Å². The molecule has 1 amide bonds. The number of nitrogens with zero attached hydrogens (tertiary/aromatic N) is 2. The van der Waals surface area contributed by atoms with Crippen LogP contribution in [0.1, 0.15) is 42.6 Å². The number of aryl methyl sites for hydroxylation is 2. The first-order chi connectivity index (χ1) is 15.3. The first-order valence-corrected chi connectivity index (χ1v) is 12.9. The molecule has 0 radical (unpaired) electrons. The highest BCUT2D eigenvalue weighted by atomic mass is 32.2. The van der Waals surface area contributed by atoms with Crippen molar-refractivity contribution in [2.24, 2.45) is 5.92 Å². The standard InChI is InChI=1S/C23H26N4O3S2/c1-15-10-11-18(13-20(15)32(29,30)25-14-19-9-5-6-12-24-19)21-16(2)26-23(31-21)27-22(28)17-7-3-4-8-17/h5-6,9-13,17,25H,3-4,7-8,14H2,1-2H3,(H,26,27,28). The Balaban J connectivity index is 1.55. The molecule has 0 unspecified atom stereocenters. The van der Waals surface area contributed by atoms with E-state index < -0.39 is 10.0 Å². The number of carbonyl (C=O) groups is 1. The van der Waals surface area contributed by atoms with Gasteiger partial charge in [-0.3, -0.25) is 9.78 Å². The number of benzene rings is 1. The highest BCUT2D eigenvalue weighted by molar-refractivity contribution is 7.89. The Labute approximate surface area is 192 Å². The third-order valence-electron chi connectivity index (χ3n) is 5.66. The molecule has 0 aliphatic heterocycles. The fraction of sp³-hybridized carbons (Fsp3) is 0.348. The maximum absolute atomic E-state index is 13.0. The van der Waals surface area contributed by atoms with E-state index >= 15 is 0 Å². The highest BCUT2D eigenvalue weighted by Crippen LogP contribution is 2.35. The Morgan fingerprint density at radius 2 is 1.94 bits per heavy atom. The summed E-state index contributed by atoms with van der Waals surface area (Å²) in [6.07, 6.45) is 5.66. The van der Waals surface area contributed by atoms with Crippen LogP contribution in [-0.2, 0) is 21.4 Å². The second-order valence-corrected chi connectivity index (χ2v) is 10.8. The van der Waals surface area contributed by atoms with Crippen LogP contribution in [0.15, 0.2) is 47.5 Å². The molecule has 168 valence electrons. The molecular formula is C23H26N4O3S2. The number of pyridine rings is 1. The van der Waals surface area contributed by atoms with E-state index in [4.69, 9.17) is 0 Å². The monoisotopic (exact) mass is 470 g/mol. The minimum atomic E-state index is -3.73. The third kappa shape index (κ3) is 5.06. The first-order valence-electron chi connectivity index (χ1n) is 10.6. The van der Waals surface area contributed by atoms with Gasteiger partial charge in [0.1, 0.15) is 0 Å². The smallest absolute Gasteiger partial charge is 0.241 e. The second-order valence-electron chi connectivity index (χ2n) is 8.03. The fourth-order valence-electron chi connectivity index (χ4n) is 3.89. The summed E-state index contributed by atoms with van der Waals surface area (Å²) in [5.74, 6) is 0.0812. The summed E-state index contributed by atoms with van der Waals surface area (Å²) in [6.45, 7) is 3.75. The molecule has 32 heavy (non-hydrogen) atoms. The van der Waals surface area contributed by atoms with Crippen LogP contribution in [0.25, 0.3) is 10.4 Å². The van der Waals surface area contributed by atoms with Crippen LogP contribution in [0, 0.1) is 19.8 Å². The Hall–Kier alpha value is -2.62. The zero-order chi connectivity index (χ0) is 22.7. The van der Waals surface area contributed by atoms with Crippen molar-refractivity contribution in [2.75, 3.05) is 5.32 Å². The van der Waals surface area contributed by atoms with Crippen molar-refractivity contribution in [3.63, 3.8) is 0 Å². The van der Waals surface area contributed by atoms with E-state index in [1.165, 1.54) is 11.3 Å². The van der Waals surface area contributed by atoms with E-state index in [1.807, 2.05) is 19.1 Å². The fourth-order valence-corrected chi connectivity index (χ4v) is 6.13. The van der Waals surface area contributed by atoms with Gasteiger partial charge >= 0.3 is 0 Å². The largest absolute Gasteiger partial charge is 0.302 e. The van der Waals surface area contributed by atoms with E-state index in [2.05, 4.69) is 20.0 Å². The number of hydrogen-bond acceptors (Lipinski definition) is 6. The van der Waals surface area contributed by atoms with Crippen molar-refractivity contribution >= 4 is 32.4 Å². The van der Waals surface area contributed by atoms with Gasteiger partial charge in [-0.15, -0.1) is 0 Å². The summed E-state index contributed by atoms with van der Waals surface area (Å²) in [5, 5.41) is 3.49. The minimum absolute atomic E-state index is 0.0219. The zero-order valence-corrected chi connectivity index (χ0v) is 19.7. The molecule has 1 saturated carbocycles. The van der Waals surface area contributed by atoms with Crippen LogP contribution in [0.2, 0.25) is 0 Å². The molecule has 2 heterocycles. The summed E-state index contributed by atoms with van der Waals surface area (Å²) in [7, 11) is -3.73. The van der Waals surface area contributed by atoms with Gasteiger partial charge in [0, 0.05) is 12.1 Å². The van der Waals surface area contributed by atoms with Crippen LogP contribution in [0.5, 0.6) is 0 Å². The van der Waals surface area contributed by atoms with E-state index in [0.717, 1.165) is 41.8 Å². The summed E-state index contributed by atoms with van der Waals surface area (Å²) in [5.41, 5.74) is 2.81. The minimum Gasteiger partial charge on any atom is -0.302 e. The zero-order valence-electron chi connectivity index (χ0n) is 18.1. The van der Waals surface area contributed by atoms with Crippen LogP contribution >= 0.6 is 11.3 Å². The molecule has 9 heteroatoms. The van der Waals surface area contributed by atoms with Gasteiger partial charge in [0.15, 0.2) is 5.13 Å². The maximum Gasteiger partial charge on any atom is 0.241 e. The van der Waals surface area contributed by atoms with Gasteiger partial charge in [-0.2, -0.15) is 0 Å². The molecule has 0 atom stereocenters. The van der Waals surface area contributed by atoms with Crippen LogP contribution in [0.4, 0.5) is 5.13 Å². The van der Waals surface area contributed by atoms with Crippen molar-refractivity contribution in [3.8, 4) is 10.4 Å². The van der Waals surface area contributed by atoms with Crippen LogP contribution < -0.4 is 10.0 Å². The molecule has 1 fully saturated rings. The van der Waals surface area contributed by atoms with Gasteiger partial charge in [-0.05, 0) is 56.0 Å². The molecule has 0 saturated heterocycles. The Morgan fingerprint density at radius 1 is 1.16 bits per heavy atom. The molecule has 7 nitrogen and oxygen atoms in total. The summed E-state index contributed by atoms with van der Waals surface area (Å²) < 4.78 is 28.6. The van der Waals surface area contributed by atoms with E-state index in [1.54, 1.807) is 37.4 Å². The first kappa shape index (κ1) is 22.6. The summed E-state index contributed by atoms with van der Waals surface area (Å²) >= 11 is 1.37. The average Bonchev–Trinajstić information content (AvgIpc) is 3.43. The van der Waals surface area contributed by atoms with Crippen molar-refractivity contribution in [1.82, 2.24) is 14.7 Å². The van der Waals surface area contributed by atoms with Gasteiger partial charge in [-0.1, -0.05) is 42.4 Å². The molecule has 1 aromatic carbocycles. The number of rotatable bonds is 7. The molecule has 3 aromatic rings. The number of carbonyl (C=O) groups excluding carboxylic acids is 1. The number of thiazole rings is 1. The normalized spacial score (nSPS) is 14.6. The number of aromatic nitrogens is 2. The number of amides is 1. The Morgan fingerprint density at radius 3 is 2.66 bits per heavy atom. The lowest BCUT2D eigenvalue weighted by Gasteiger charge is -2.11. The molecule has 0 bridgehead atoms. The quantitative estimate of drug-likeness (QED) is 0.532. The molecule has 4 rings (SSSR count). The number of nitrogens with one attached hydrogen (secondary N) is 2. The van der Waals surface area contributed by atoms with Crippen molar-refractivity contribution < 1.29 is 13.2 Å². The number of sulfonamides is 1. The number of anilines is 1. The van der Waals surface area contributed by atoms with Crippen LogP contribution in [-0.4, -0.2) is 24.3 Å². The van der Waals surface area contributed by atoms with Gasteiger partial charge in [0.25, 0.3) is 0 Å². The lowest BCUT2D eigenvalue weighted by molar-refractivity contribution is -0.119. The van der Waals surface area contributed by atoms with E-state index in [0.29, 0.717) is 16.4 Å². The highest BCUT2D eigenvalue weighted by Gasteiger charge is 2.24. The van der Waals surface area contributed by atoms with E-state index in [-0.39, 0.29) is 23.3 Å². The van der Waals surface area contributed by atoms with Crippen molar-refractivity contribution in [1.29, 1.82) is 0 Å². The van der Waals surface area contributed by atoms with Gasteiger partial charge < -0.3 is 5.32 Å². The molecule has 0 spiro atoms. The molecule has 2 N–H and O–H groups in total. The third-order valence-corrected chi connectivity index (χ3v) is 8.33. The predicted octanol–water partition coefficient (Wildman–Crippen LogP) is 4.43. The summed E-state index contributed by atoms with van der Waals surface area (Å²) in [6, 6.07) is 10.7. The molecule has 2 aromatic heterocycles. The predicted molar refractivity (Wildman–Crippen MR) is 126 cm³/mol. The van der Waals surface area contributed by atoms with Crippen LogP contribution in [0.3, 0.4) is 0 Å². The lowest BCUT2D eigenvalue weighted by atomic mass is 10.1. The SMILES string of the molecule is Cc1ccc(-c2sc(NC(=O)C3CCCC3)nc2C)cc1S(=O)(=O)NCc1ccccn1. The Kier molecular flexibility index (Phi) is 6.68. The lowest BCUT2D eigenvalue weighted by Crippen LogP contribution is -2.24. The van der Waals surface area contributed by atoms with Gasteiger partial charge in [0.2, 0.25) is 15.9 Å². The summed E-state index contributed by atoms with van der Waals surface area (Å²) in [4.78, 5) is 22.2. The maximum atomic E-state index is 13.0. The molecule has 1 aliphatic carbocycles. The van der Waals surface area contributed by atoms with E-state index in [9.17, 15) is 13.2 Å². The van der Waals surface area contributed by atoms with Gasteiger partial charge in [-0.25, -0.2) is 18.1 Å². The second kappa shape index (κ2) is 9.48. The van der Waals surface area contributed by atoms with Crippen molar-refractivity contribution in [2.45, 2.75) is 51.0 Å². The Bertz CT molecular complexity index is 1220. The van der Waals surface area contributed by atoms with Crippen molar-refractivity contribution in [3.05, 3.63) is 59.5 Å². The number of hydrogen-bond donors (Lipinski definition) is 2. The molecule has 1 aliphatic rings. The topological polar surface area (TPSA) is 101 Å². The average molecular weight is 471 g/mol.